The van der Waals surface area contributed by atoms with E-state index >= 15 is 0 Å². The molecule has 122 valence electrons. The number of nitrogens with zero attached hydrogens (tertiary/aromatic N) is 3. The molecule has 0 aliphatic carbocycles. The monoisotopic (exact) mass is 308 g/mol. The molecule has 1 aliphatic heterocycles. The Bertz CT molecular complexity index is 525. The van der Waals surface area contributed by atoms with Gasteiger partial charge in [-0.25, -0.2) is 0 Å². The van der Waals surface area contributed by atoms with E-state index in [9.17, 15) is 4.79 Å². The third-order valence-electron chi connectivity index (χ3n) is 4.15. The van der Waals surface area contributed by atoms with Crippen LogP contribution in [-0.2, 0) is 16.1 Å². The molecule has 0 amide bonds. The number of nitrogens with one attached hydrogen (secondary N) is 1. The number of hydrogen-bond acceptors (Lipinski definition) is 5. The van der Waals surface area contributed by atoms with Crippen molar-refractivity contribution in [2.24, 2.45) is 10.9 Å². The van der Waals surface area contributed by atoms with Crippen LogP contribution in [0.3, 0.4) is 0 Å². The van der Waals surface area contributed by atoms with E-state index in [2.05, 4.69) is 20.4 Å². The van der Waals surface area contributed by atoms with E-state index in [0.717, 1.165) is 48.9 Å². The summed E-state index contributed by atoms with van der Waals surface area (Å²) in [6.45, 7) is 6.05. The van der Waals surface area contributed by atoms with Gasteiger partial charge in [-0.1, -0.05) is 5.16 Å². The number of carbonyl (C=O) groups is 1. The smallest absolute Gasteiger partial charge is 0.308 e. The fraction of sp³-hybridized carbons (Fsp3) is 0.667. The van der Waals surface area contributed by atoms with E-state index in [1.165, 1.54) is 7.11 Å². The van der Waals surface area contributed by atoms with E-state index in [-0.39, 0.29) is 11.9 Å². The van der Waals surface area contributed by atoms with Crippen molar-refractivity contribution in [2.75, 3.05) is 27.2 Å². The lowest BCUT2D eigenvalue weighted by atomic mass is 9.97. The van der Waals surface area contributed by atoms with Crippen molar-refractivity contribution in [3.63, 3.8) is 0 Å². The molecule has 0 aromatic carbocycles. The van der Waals surface area contributed by atoms with Crippen LogP contribution in [0.15, 0.2) is 9.52 Å². The van der Waals surface area contributed by atoms with Crippen molar-refractivity contribution >= 4 is 11.9 Å². The normalized spacial score (nSPS) is 16.7. The van der Waals surface area contributed by atoms with Gasteiger partial charge in [0, 0.05) is 32.2 Å². The zero-order chi connectivity index (χ0) is 16.1. The topological polar surface area (TPSA) is 80.0 Å². The number of esters is 1. The van der Waals surface area contributed by atoms with E-state index < -0.39 is 0 Å². The highest BCUT2D eigenvalue weighted by Crippen LogP contribution is 2.19. The molecule has 2 heterocycles. The number of rotatable bonds is 3. The first kappa shape index (κ1) is 16.3. The second kappa shape index (κ2) is 7.29. The molecule has 1 aromatic rings. The Morgan fingerprint density at radius 3 is 2.64 bits per heavy atom. The lowest BCUT2D eigenvalue weighted by Crippen LogP contribution is -2.46. The summed E-state index contributed by atoms with van der Waals surface area (Å²) in [5.41, 5.74) is 1.95. The Hall–Kier alpha value is -2.05. The first-order valence-electron chi connectivity index (χ1n) is 7.52. The minimum Gasteiger partial charge on any atom is -0.469 e. The van der Waals surface area contributed by atoms with Crippen LogP contribution in [0.2, 0.25) is 0 Å². The number of likely N-dealkylation sites (tertiary alicyclic amines) is 1. The van der Waals surface area contributed by atoms with E-state index in [1.807, 2.05) is 13.8 Å². The lowest BCUT2D eigenvalue weighted by molar-refractivity contribution is -0.146. The van der Waals surface area contributed by atoms with E-state index in [4.69, 9.17) is 9.26 Å². The summed E-state index contributed by atoms with van der Waals surface area (Å²) in [6.07, 6.45) is 1.58. The maximum Gasteiger partial charge on any atom is 0.308 e. The number of aromatic nitrogens is 1. The van der Waals surface area contributed by atoms with Gasteiger partial charge in [-0.2, -0.15) is 0 Å². The van der Waals surface area contributed by atoms with Gasteiger partial charge in [-0.15, -0.1) is 0 Å². The number of ether oxygens (including phenoxy) is 1. The molecule has 0 atom stereocenters. The van der Waals surface area contributed by atoms with Gasteiger partial charge in [0.1, 0.15) is 5.76 Å². The quantitative estimate of drug-likeness (QED) is 0.514. The van der Waals surface area contributed by atoms with Crippen LogP contribution >= 0.6 is 0 Å². The van der Waals surface area contributed by atoms with Crippen molar-refractivity contribution < 1.29 is 14.1 Å². The molecule has 0 spiro atoms. The van der Waals surface area contributed by atoms with E-state index in [1.54, 1.807) is 7.05 Å². The third kappa shape index (κ3) is 3.58. The first-order chi connectivity index (χ1) is 10.6. The van der Waals surface area contributed by atoms with Gasteiger partial charge in [0.2, 0.25) is 0 Å². The Kier molecular flexibility index (Phi) is 5.41. The van der Waals surface area contributed by atoms with Crippen molar-refractivity contribution in [3.8, 4) is 0 Å². The van der Waals surface area contributed by atoms with Crippen LogP contribution in [0.5, 0.6) is 0 Å². The average Bonchev–Trinajstić information content (AvgIpc) is 2.87. The number of methoxy groups -OCH3 is 1. The Labute approximate surface area is 130 Å². The molecule has 1 aromatic heterocycles. The fourth-order valence-electron chi connectivity index (χ4n) is 2.75. The van der Waals surface area contributed by atoms with Crippen molar-refractivity contribution in [3.05, 3.63) is 17.0 Å². The molecule has 0 saturated carbocycles. The van der Waals surface area contributed by atoms with Gasteiger partial charge in [0.15, 0.2) is 5.96 Å². The van der Waals surface area contributed by atoms with Gasteiger partial charge in [0.05, 0.1) is 18.7 Å². The van der Waals surface area contributed by atoms with Gasteiger partial charge >= 0.3 is 5.97 Å². The summed E-state index contributed by atoms with van der Waals surface area (Å²) in [5, 5.41) is 7.29. The van der Waals surface area contributed by atoms with Gasteiger partial charge in [-0.3, -0.25) is 9.79 Å². The van der Waals surface area contributed by atoms with Crippen LogP contribution in [0.1, 0.15) is 29.9 Å². The second-order valence-corrected chi connectivity index (χ2v) is 5.49. The SMILES string of the molecule is CN=C(NCc1c(C)noc1C)N1CCC(C(=O)OC)CC1. The summed E-state index contributed by atoms with van der Waals surface area (Å²) in [6, 6.07) is 0. The summed E-state index contributed by atoms with van der Waals surface area (Å²) in [5.74, 6) is 1.55. The van der Waals surface area contributed by atoms with Gasteiger partial charge in [-0.05, 0) is 26.7 Å². The zero-order valence-electron chi connectivity index (χ0n) is 13.7. The van der Waals surface area contributed by atoms with Crippen molar-refractivity contribution in [1.29, 1.82) is 0 Å². The maximum atomic E-state index is 11.6. The minimum atomic E-state index is -0.113. The molecule has 1 fully saturated rings. The standard InChI is InChI=1S/C15H24N4O3/c1-10-13(11(2)22-18-10)9-17-15(16-3)19-7-5-12(6-8-19)14(20)21-4/h12H,5-9H2,1-4H3,(H,16,17). The number of hydrogen-bond donors (Lipinski definition) is 1. The van der Waals surface area contributed by atoms with Crippen LogP contribution < -0.4 is 5.32 Å². The molecule has 1 N–H and O–H groups in total. The van der Waals surface area contributed by atoms with Crippen LogP contribution in [-0.4, -0.2) is 49.2 Å². The molecule has 0 bridgehead atoms. The Morgan fingerprint density at radius 1 is 1.45 bits per heavy atom. The second-order valence-electron chi connectivity index (χ2n) is 5.49. The van der Waals surface area contributed by atoms with Crippen LogP contribution in [0.4, 0.5) is 0 Å². The summed E-state index contributed by atoms with van der Waals surface area (Å²) in [4.78, 5) is 18.1. The number of carbonyl (C=O) groups excluding carboxylic acids is 1. The summed E-state index contributed by atoms with van der Waals surface area (Å²) < 4.78 is 9.98. The van der Waals surface area contributed by atoms with Crippen LogP contribution in [0.25, 0.3) is 0 Å². The lowest BCUT2D eigenvalue weighted by Gasteiger charge is -2.33. The zero-order valence-corrected chi connectivity index (χ0v) is 13.7. The fourth-order valence-corrected chi connectivity index (χ4v) is 2.75. The molecule has 7 heteroatoms. The Morgan fingerprint density at radius 2 is 2.14 bits per heavy atom. The summed E-state index contributed by atoms with van der Waals surface area (Å²) >= 11 is 0. The molecule has 1 saturated heterocycles. The van der Waals surface area contributed by atoms with Crippen LogP contribution in [0, 0.1) is 19.8 Å². The largest absolute Gasteiger partial charge is 0.469 e. The van der Waals surface area contributed by atoms with Crippen molar-refractivity contribution in [1.82, 2.24) is 15.4 Å². The average molecular weight is 308 g/mol. The Balaban J connectivity index is 1.90. The predicted octanol–water partition coefficient (Wildman–Crippen LogP) is 1.25. The molecule has 1 aliphatic rings. The highest BCUT2D eigenvalue weighted by Gasteiger charge is 2.27. The van der Waals surface area contributed by atoms with Gasteiger partial charge in [0.25, 0.3) is 0 Å². The molecular weight excluding hydrogens is 284 g/mol. The number of aryl methyl sites for hydroxylation is 2. The highest BCUT2D eigenvalue weighted by molar-refractivity contribution is 5.80. The first-order valence-corrected chi connectivity index (χ1v) is 7.52. The number of aliphatic imine (C=N–C) groups is 1. The maximum absolute atomic E-state index is 11.6. The molecule has 0 unspecified atom stereocenters. The molecule has 2 rings (SSSR count). The van der Waals surface area contributed by atoms with E-state index in [0.29, 0.717) is 6.54 Å². The number of guanidine groups is 1. The molecular formula is C15H24N4O3. The van der Waals surface area contributed by atoms with Gasteiger partial charge < -0.3 is 19.5 Å². The minimum absolute atomic E-state index is 0.00178. The highest BCUT2D eigenvalue weighted by atomic mass is 16.5. The molecule has 0 radical (unpaired) electrons. The third-order valence-corrected chi connectivity index (χ3v) is 4.15. The molecule has 7 nitrogen and oxygen atoms in total. The van der Waals surface area contributed by atoms with Crippen molar-refractivity contribution in [2.45, 2.75) is 33.2 Å². The molecule has 22 heavy (non-hydrogen) atoms. The number of piperidine rings is 1. The summed E-state index contributed by atoms with van der Waals surface area (Å²) in [7, 11) is 3.21. The predicted molar refractivity (Wildman–Crippen MR) is 82.5 cm³/mol.